The number of amides is 1. The maximum absolute atomic E-state index is 12.5. The van der Waals surface area contributed by atoms with Crippen LogP contribution >= 0.6 is 11.8 Å². The summed E-state index contributed by atoms with van der Waals surface area (Å²) in [6.45, 7) is 0.868. The number of methoxy groups -OCH3 is 1. The monoisotopic (exact) mass is 398 g/mol. The third-order valence-electron chi connectivity index (χ3n) is 5.34. The van der Waals surface area contributed by atoms with Crippen molar-refractivity contribution in [3.8, 4) is 5.75 Å². The first kappa shape index (κ1) is 20.7. The number of anilines is 1. The van der Waals surface area contributed by atoms with Gasteiger partial charge >= 0.3 is 0 Å². The number of hydrogen-bond donors (Lipinski definition) is 1. The molecule has 1 aliphatic rings. The molecule has 1 fully saturated rings. The van der Waals surface area contributed by atoms with Crippen LogP contribution in [0, 0.1) is 0 Å². The molecule has 5 heteroatoms. The molecule has 0 spiro atoms. The summed E-state index contributed by atoms with van der Waals surface area (Å²) in [6, 6.07) is 16.6. The molecule has 3 rings (SSSR count). The van der Waals surface area contributed by atoms with Crippen LogP contribution in [0.2, 0.25) is 0 Å². The molecule has 4 nitrogen and oxygen atoms in total. The van der Waals surface area contributed by atoms with Gasteiger partial charge in [-0.2, -0.15) is 0 Å². The van der Waals surface area contributed by atoms with E-state index in [-0.39, 0.29) is 5.91 Å². The molecule has 0 unspecified atom stereocenters. The summed E-state index contributed by atoms with van der Waals surface area (Å²) in [5.74, 6) is 1.23. The molecule has 0 saturated heterocycles. The van der Waals surface area contributed by atoms with E-state index in [1.165, 1.54) is 49.4 Å². The average Bonchev–Trinajstić information content (AvgIpc) is 2.74. The smallest absolute Gasteiger partial charge is 0.234 e. The molecule has 2 aromatic rings. The fourth-order valence-corrected chi connectivity index (χ4v) is 4.41. The van der Waals surface area contributed by atoms with Gasteiger partial charge in [-0.3, -0.25) is 9.69 Å². The van der Waals surface area contributed by atoms with Crippen molar-refractivity contribution < 1.29 is 9.53 Å². The van der Waals surface area contributed by atoms with Crippen LogP contribution in [0.5, 0.6) is 5.75 Å². The Morgan fingerprint density at radius 3 is 2.54 bits per heavy atom. The Morgan fingerprint density at radius 2 is 1.82 bits per heavy atom. The number of carbonyl (C=O) groups is 1. The van der Waals surface area contributed by atoms with Gasteiger partial charge in [-0.15, -0.1) is 11.8 Å². The van der Waals surface area contributed by atoms with Gasteiger partial charge in [-0.1, -0.05) is 37.5 Å². The number of para-hydroxylation sites is 1. The normalized spacial score (nSPS) is 14.8. The Labute approximate surface area is 172 Å². The predicted octanol–water partition coefficient (Wildman–Crippen LogP) is 5.19. The van der Waals surface area contributed by atoms with Gasteiger partial charge in [0.05, 0.1) is 12.9 Å². The van der Waals surface area contributed by atoms with Crippen LogP contribution in [0.15, 0.2) is 53.4 Å². The zero-order valence-corrected chi connectivity index (χ0v) is 17.6. The molecule has 150 valence electrons. The molecule has 0 radical (unpaired) electrons. The second kappa shape index (κ2) is 10.5. The molecule has 0 aromatic heterocycles. The summed E-state index contributed by atoms with van der Waals surface area (Å²) in [7, 11) is 3.85. The van der Waals surface area contributed by atoms with E-state index in [0.29, 0.717) is 11.8 Å². The van der Waals surface area contributed by atoms with Gasteiger partial charge in [0.25, 0.3) is 0 Å². The van der Waals surface area contributed by atoms with E-state index in [9.17, 15) is 4.79 Å². The molecule has 28 heavy (non-hydrogen) atoms. The molecule has 0 bridgehead atoms. The number of hydrogen-bond acceptors (Lipinski definition) is 4. The summed E-state index contributed by atoms with van der Waals surface area (Å²) in [4.78, 5) is 16.0. The summed E-state index contributed by atoms with van der Waals surface area (Å²) in [6.07, 6.45) is 6.59. The van der Waals surface area contributed by atoms with Crippen molar-refractivity contribution in [2.24, 2.45) is 0 Å². The van der Waals surface area contributed by atoms with Crippen LogP contribution in [-0.2, 0) is 11.3 Å². The minimum absolute atomic E-state index is 0.0218. The number of nitrogens with zero attached hydrogens (tertiary/aromatic N) is 1. The van der Waals surface area contributed by atoms with E-state index in [4.69, 9.17) is 4.74 Å². The highest BCUT2D eigenvalue weighted by molar-refractivity contribution is 8.00. The average molecular weight is 399 g/mol. The van der Waals surface area contributed by atoms with E-state index in [1.807, 2.05) is 42.5 Å². The Bertz CT molecular complexity index is 757. The molecule has 1 amide bonds. The number of benzene rings is 2. The molecule has 1 N–H and O–H groups in total. The summed E-state index contributed by atoms with van der Waals surface area (Å²) >= 11 is 1.53. The van der Waals surface area contributed by atoms with Crippen LogP contribution in [-0.4, -0.2) is 36.8 Å². The number of carbonyl (C=O) groups excluding carboxylic acids is 1. The first-order chi connectivity index (χ1) is 13.7. The van der Waals surface area contributed by atoms with E-state index >= 15 is 0 Å². The highest BCUT2D eigenvalue weighted by Gasteiger charge is 2.19. The third kappa shape index (κ3) is 6.01. The molecule has 1 aliphatic carbocycles. The molecular formula is C23H30N2O2S. The lowest BCUT2D eigenvalue weighted by Gasteiger charge is -2.31. The Hall–Kier alpha value is -1.98. The minimum atomic E-state index is 0.0218. The number of nitrogens with one attached hydrogen (secondary N) is 1. The van der Waals surface area contributed by atoms with E-state index in [0.717, 1.165) is 22.9 Å². The molecule has 0 atom stereocenters. The van der Waals surface area contributed by atoms with Crippen molar-refractivity contribution in [1.29, 1.82) is 0 Å². The second-order valence-electron chi connectivity index (χ2n) is 7.38. The topological polar surface area (TPSA) is 41.6 Å². The van der Waals surface area contributed by atoms with Gasteiger partial charge in [0.2, 0.25) is 5.91 Å². The van der Waals surface area contributed by atoms with Gasteiger partial charge in [-0.25, -0.2) is 0 Å². The third-order valence-corrected chi connectivity index (χ3v) is 6.35. The van der Waals surface area contributed by atoms with Gasteiger partial charge in [0.1, 0.15) is 5.75 Å². The zero-order chi connectivity index (χ0) is 19.8. The van der Waals surface area contributed by atoms with Crippen LogP contribution in [0.3, 0.4) is 0 Å². The van der Waals surface area contributed by atoms with Gasteiger partial charge < -0.3 is 10.1 Å². The largest absolute Gasteiger partial charge is 0.497 e. The Balaban J connectivity index is 1.55. The molecular weight excluding hydrogens is 368 g/mol. The quantitative estimate of drug-likeness (QED) is 0.621. The van der Waals surface area contributed by atoms with Crippen molar-refractivity contribution >= 4 is 23.4 Å². The second-order valence-corrected chi connectivity index (χ2v) is 8.43. The van der Waals surface area contributed by atoms with E-state index < -0.39 is 0 Å². The number of ether oxygens (including phenoxy) is 1. The van der Waals surface area contributed by atoms with Gasteiger partial charge in [0, 0.05) is 23.2 Å². The SMILES string of the molecule is COc1ccc(SCC(=O)Nc2ccccc2CN(C)C2CCCCC2)cc1. The maximum Gasteiger partial charge on any atom is 0.234 e. The molecule has 0 heterocycles. The predicted molar refractivity (Wildman–Crippen MR) is 117 cm³/mol. The fourth-order valence-electron chi connectivity index (χ4n) is 3.71. The lowest BCUT2D eigenvalue weighted by molar-refractivity contribution is -0.113. The summed E-state index contributed by atoms with van der Waals surface area (Å²) in [5, 5.41) is 3.10. The zero-order valence-electron chi connectivity index (χ0n) is 16.8. The first-order valence-corrected chi connectivity index (χ1v) is 11.0. The van der Waals surface area contributed by atoms with Gasteiger partial charge in [0.15, 0.2) is 0 Å². The van der Waals surface area contributed by atoms with Crippen molar-refractivity contribution in [1.82, 2.24) is 4.90 Å². The number of thioether (sulfide) groups is 1. The van der Waals surface area contributed by atoms with E-state index in [1.54, 1.807) is 7.11 Å². The van der Waals surface area contributed by atoms with Crippen molar-refractivity contribution in [2.45, 2.75) is 49.6 Å². The highest BCUT2D eigenvalue weighted by atomic mass is 32.2. The first-order valence-electron chi connectivity index (χ1n) is 10.0. The summed E-state index contributed by atoms with van der Waals surface area (Å²) in [5.41, 5.74) is 2.10. The van der Waals surface area contributed by atoms with E-state index in [2.05, 4.69) is 23.3 Å². The fraction of sp³-hybridized carbons (Fsp3) is 0.435. The lowest BCUT2D eigenvalue weighted by atomic mass is 9.94. The maximum atomic E-state index is 12.5. The standard InChI is InChI=1S/C23H30N2O2S/c1-25(19-9-4-3-5-10-19)16-18-8-6-7-11-22(18)24-23(26)17-28-21-14-12-20(27-2)13-15-21/h6-8,11-15,19H,3-5,9-10,16-17H2,1-2H3,(H,24,26). The highest BCUT2D eigenvalue weighted by Crippen LogP contribution is 2.25. The lowest BCUT2D eigenvalue weighted by Crippen LogP contribution is -2.33. The van der Waals surface area contributed by atoms with Gasteiger partial charge in [-0.05, 0) is 55.8 Å². The summed E-state index contributed by atoms with van der Waals surface area (Å²) < 4.78 is 5.17. The molecule has 2 aromatic carbocycles. The molecule has 0 aliphatic heterocycles. The van der Waals surface area contributed by atoms with Crippen molar-refractivity contribution in [3.63, 3.8) is 0 Å². The van der Waals surface area contributed by atoms with Crippen LogP contribution in [0.4, 0.5) is 5.69 Å². The van der Waals surface area contributed by atoms with Crippen molar-refractivity contribution in [2.75, 3.05) is 25.2 Å². The molecule has 1 saturated carbocycles. The van der Waals surface area contributed by atoms with Crippen molar-refractivity contribution in [3.05, 3.63) is 54.1 Å². The Morgan fingerprint density at radius 1 is 1.11 bits per heavy atom. The van der Waals surface area contributed by atoms with Crippen LogP contribution < -0.4 is 10.1 Å². The van der Waals surface area contributed by atoms with Crippen LogP contribution in [0.25, 0.3) is 0 Å². The minimum Gasteiger partial charge on any atom is -0.497 e. The van der Waals surface area contributed by atoms with Crippen LogP contribution in [0.1, 0.15) is 37.7 Å². The Kier molecular flexibility index (Phi) is 7.80. The number of rotatable bonds is 8.